The molecule has 2 bridgehead atoms. The van der Waals surface area contributed by atoms with E-state index >= 15 is 0 Å². The Morgan fingerprint density at radius 2 is 1.76 bits per heavy atom. The number of amides is 2. The third kappa shape index (κ3) is 5.23. The fourth-order valence-electron chi connectivity index (χ4n) is 7.64. The van der Waals surface area contributed by atoms with Crippen molar-refractivity contribution < 1.29 is 18.9 Å². The van der Waals surface area contributed by atoms with Gasteiger partial charge >= 0.3 is 7.12 Å². The topological polar surface area (TPSA) is 76.7 Å². The van der Waals surface area contributed by atoms with E-state index in [-0.39, 0.29) is 40.8 Å². The summed E-state index contributed by atoms with van der Waals surface area (Å²) in [7, 11) is -0.473. The number of nitrogens with one attached hydrogen (secondary N) is 2. The zero-order valence-corrected chi connectivity index (χ0v) is 23.3. The van der Waals surface area contributed by atoms with Gasteiger partial charge in [-0.3, -0.25) is 9.59 Å². The molecular weight excluding hydrogens is 463 g/mol. The lowest BCUT2D eigenvalue weighted by Gasteiger charge is -2.64. The second kappa shape index (κ2) is 10.4. The molecule has 1 aromatic carbocycles. The van der Waals surface area contributed by atoms with Crippen molar-refractivity contribution in [3.63, 3.8) is 0 Å². The van der Waals surface area contributed by atoms with E-state index in [1.54, 1.807) is 0 Å². The van der Waals surface area contributed by atoms with Gasteiger partial charge in [0.05, 0.1) is 17.6 Å². The number of carbonyl (C=O) groups excluding carboxylic acids is 2. The predicted octanol–water partition coefficient (Wildman–Crippen LogP) is 4.70. The second-order valence-corrected chi connectivity index (χ2v) is 13.3. The minimum absolute atomic E-state index is 0.00268. The maximum atomic E-state index is 13.8. The maximum Gasteiger partial charge on any atom is 0.481 e. The molecule has 6 nitrogen and oxygen atoms in total. The molecule has 1 aromatic rings. The number of hydrogen-bond donors (Lipinski definition) is 2. The average molecular weight is 509 g/mol. The lowest BCUT2D eigenvalue weighted by molar-refractivity contribution is -0.199. The first kappa shape index (κ1) is 26.7. The number of rotatable bonds is 9. The van der Waals surface area contributed by atoms with E-state index in [0.717, 1.165) is 44.1 Å². The molecule has 0 unspecified atom stereocenters. The summed E-state index contributed by atoms with van der Waals surface area (Å²) in [6, 6.07) is 9.30. The number of benzene rings is 1. The van der Waals surface area contributed by atoms with E-state index in [9.17, 15) is 9.59 Å². The Bertz CT molecular complexity index is 979. The minimum atomic E-state index is -0.629. The van der Waals surface area contributed by atoms with Crippen molar-refractivity contribution in [1.29, 1.82) is 0 Å². The van der Waals surface area contributed by atoms with Crippen LogP contribution >= 0.6 is 0 Å². The summed E-state index contributed by atoms with van der Waals surface area (Å²) in [4.78, 5) is 26.8. The molecule has 4 saturated carbocycles. The predicted molar refractivity (Wildman–Crippen MR) is 146 cm³/mol. The highest BCUT2D eigenvalue weighted by atomic mass is 16.7. The zero-order valence-electron chi connectivity index (χ0n) is 23.3. The third-order valence-electron chi connectivity index (χ3n) is 9.99. The van der Waals surface area contributed by atoms with Crippen LogP contribution in [0.2, 0.25) is 0 Å². The molecule has 2 amide bonds. The zero-order chi connectivity index (χ0) is 26.4. The van der Waals surface area contributed by atoms with Gasteiger partial charge in [0.1, 0.15) is 6.04 Å². The first-order chi connectivity index (χ1) is 17.6. The first-order valence-electron chi connectivity index (χ1n) is 14.6. The molecule has 0 radical (unpaired) electrons. The SMILES string of the molecule is CC(C)C[C@H](NC(=O)[C@H](Cc1ccccc1)NC(=O)C1CCCC1)B1O[C@@H]2C[C@@H]3C[C@@H](C3(C)C)[C@]2(C)O1. The van der Waals surface area contributed by atoms with Crippen LogP contribution in [0.15, 0.2) is 30.3 Å². The summed E-state index contributed by atoms with van der Waals surface area (Å²) in [5.74, 6) is 1.10. The second-order valence-electron chi connectivity index (χ2n) is 13.3. The molecule has 0 spiro atoms. The normalized spacial score (nSPS) is 31.9. The quantitative estimate of drug-likeness (QED) is 0.474. The fraction of sp³-hybridized carbons (Fsp3) is 0.733. The van der Waals surface area contributed by atoms with Gasteiger partial charge in [-0.25, -0.2) is 0 Å². The molecule has 37 heavy (non-hydrogen) atoms. The van der Waals surface area contributed by atoms with Gasteiger partial charge < -0.3 is 19.9 Å². The Hall–Kier alpha value is -1.86. The van der Waals surface area contributed by atoms with Crippen molar-refractivity contribution in [2.45, 2.75) is 110 Å². The molecule has 6 atom stereocenters. The minimum Gasteiger partial charge on any atom is -0.404 e. The highest BCUT2D eigenvalue weighted by Gasteiger charge is 2.68. The van der Waals surface area contributed by atoms with Crippen LogP contribution in [0.25, 0.3) is 0 Å². The van der Waals surface area contributed by atoms with Gasteiger partial charge in [0.15, 0.2) is 0 Å². The molecule has 0 aromatic heterocycles. The molecule has 5 aliphatic rings. The van der Waals surface area contributed by atoms with Crippen molar-refractivity contribution in [2.75, 3.05) is 0 Å². The van der Waals surface area contributed by atoms with Crippen LogP contribution in [0.4, 0.5) is 0 Å². The lowest BCUT2D eigenvalue weighted by atomic mass is 9.43. The molecule has 202 valence electrons. The summed E-state index contributed by atoms with van der Waals surface area (Å²) < 4.78 is 13.3. The molecule has 4 aliphatic carbocycles. The average Bonchev–Trinajstić information content (AvgIpc) is 3.51. The Morgan fingerprint density at radius 1 is 1.05 bits per heavy atom. The molecule has 7 heteroatoms. The van der Waals surface area contributed by atoms with Gasteiger partial charge in [-0.15, -0.1) is 0 Å². The molecule has 1 saturated heterocycles. The smallest absolute Gasteiger partial charge is 0.404 e. The highest BCUT2D eigenvalue weighted by molar-refractivity contribution is 6.48. The first-order valence-corrected chi connectivity index (χ1v) is 14.6. The van der Waals surface area contributed by atoms with Gasteiger partial charge in [-0.2, -0.15) is 0 Å². The number of carbonyl (C=O) groups is 2. The van der Waals surface area contributed by atoms with Gasteiger partial charge in [-0.05, 0) is 67.8 Å². The molecular formula is C30H45BN2O4. The lowest BCUT2D eigenvalue weighted by Crippen LogP contribution is -2.65. The Labute approximate surface area is 223 Å². The molecule has 2 N–H and O–H groups in total. The Balaban J connectivity index is 1.31. The van der Waals surface area contributed by atoms with E-state index in [1.807, 2.05) is 30.3 Å². The van der Waals surface area contributed by atoms with Crippen molar-refractivity contribution in [1.82, 2.24) is 10.6 Å². The third-order valence-corrected chi connectivity index (χ3v) is 9.99. The van der Waals surface area contributed by atoms with E-state index in [4.69, 9.17) is 9.31 Å². The molecule has 1 heterocycles. The summed E-state index contributed by atoms with van der Waals surface area (Å²) in [6.07, 6.45) is 7.49. The van der Waals surface area contributed by atoms with Crippen LogP contribution in [0.5, 0.6) is 0 Å². The Morgan fingerprint density at radius 3 is 2.41 bits per heavy atom. The summed E-state index contributed by atoms with van der Waals surface area (Å²) in [5, 5.41) is 6.38. The van der Waals surface area contributed by atoms with E-state index in [1.165, 1.54) is 6.42 Å². The summed E-state index contributed by atoms with van der Waals surface area (Å²) in [6.45, 7) is 11.3. The standard InChI is InChI=1S/C30H45BN2O4/c1-19(2)15-26(31-36-25-18-22-17-24(29(22,3)4)30(25,5)37-31)33-28(35)23(16-20-11-7-6-8-12-20)32-27(34)21-13-9-10-14-21/h6-8,11-12,19,21-26H,9-10,13-18H2,1-5H3,(H,32,34)(H,33,35)/t22-,23-,24-,25+,26-,30-/m0/s1. The van der Waals surface area contributed by atoms with Crippen LogP contribution in [-0.4, -0.2) is 42.6 Å². The van der Waals surface area contributed by atoms with Crippen LogP contribution in [0, 0.1) is 29.1 Å². The van der Waals surface area contributed by atoms with E-state index in [0.29, 0.717) is 24.2 Å². The molecule has 6 rings (SSSR count). The van der Waals surface area contributed by atoms with E-state index in [2.05, 4.69) is 45.3 Å². The van der Waals surface area contributed by atoms with Crippen molar-refractivity contribution in [3.8, 4) is 0 Å². The van der Waals surface area contributed by atoms with E-state index < -0.39 is 13.2 Å². The summed E-state index contributed by atoms with van der Waals surface area (Å²) in [5.41, 5.74) is 0.984. The molecule has 1 aliphatic heterocycles. The Kier molecular flexibility index (Phi) is 7.49. The van der Waals surface area contributed by atoms with Gasteiger partial charge in [0.2, 0.25) is 11.8 Å². The fourth-order valence-corrected chi connectivity index (χ4v) is 7.64. The summed E-state index contributed by atoms with van der Waals surface area (Å²) >= 11 is 0. The van der Waals surface area contributed by atoms with Crippen LogP contribution in [-0.2, 0) is 25.3 Å². The number of hydrogen-bond acceptors (Lipinski definition) is 4. The molecule has 5 fully saturated rings. The maximum absolute atomic E-state index is 13.8. The van der Waals surface area contributed by atoms with Crippen molar-refractivity contribution in [3.05, 3.63) is 35.9 Å². The van der Waals surface area contributed by atoms with Gasteiger partial charge in [0.25, 0.3) is 0 Å². The van der Waals surface area contributed by atoms with Crippen molar-refractivity contribution >= 4 is 18.9 Å². The highest BCUT2D eigenvalue weighted by Crippen LogP contribution is 2.65. The van der Waals surface area contributed by atoms with Crippen LogP contribution < -0.4 is 10.6 Å². The van der Waals surface area contributed by atoms with Gasteiger partial charge in [-0.1, -0.05) is 70.9 Å². The van der Waals surface area contributed by atoms with Crippen LogP contribution in [0.1, 0.15) is 85.1 Å². The largest absolute Gasteiger partial charge is 0.481 e. The van der Waals surface area contributed by atoms with Crippen LogP contribution in [0.3, 0.4) is 0 Å². The monoisotopic (exact) mass is 508 g/mol. The van der Waals surface area contributed by atoms with Gasteiger partial charge in [0, 0.05) is 12.3 Å². The van der Waals surface area contributed by atoms with Crippen molar-refractivity contribution in [2.24, 2.45) is 29.1 Å².